The van der Waals surface area contributed by atoms with E-state index >= 15 is 0 Å². The van der Waals surface area contributed by atoms with Crippen molar-refractivity contribution in [1.82, 2.24) is 10.6 Å². The van der Waals surface area contributed by atoms with Crippen LogP contribution >= 0.6 is 0 Å². The molecule has 0 spiro atoms. The van der Waals surface area contributed by atoms with E-state index in [1.165, 1.54) is 25.7 Å². The molecule has 1 heterocycles. The lowest BCUT2D eigenvalue weighted by atomic mass is 9.93. The molecule has 2 N–H and O–H groups in total. The van der Waals surface area contributed by atoms with Crippen molar-refractivity contribution in [2.24, 2.45) is 17.8 Å². The number of hydrogen-bond donors (Lipinski definition) is 2. The lowest BCUT2D eigenvalue weighted by Gasteiger charge is -2.17. The minimum Gasteiger partial charge on any atom is -0.355 e. The summed E-state index contributed by atoms with van der Waals surface area (Å²) in [7, 11) is 0. The Bertz CT molecular complexity index is 265. The lowest BCUT2D eigenvalue weighted by molar-refractivity contribution is -0.123. The van der Waals surface area contributed by atoms with Crippen LogP contribution in [0.25, 0.3) is 0 Å². The highest BCUT2D eigenvalue weighted by atomic mass is 16.2. The van der Waals surface area contributed by atoms with Gasteiger partial charge in [-0.3, -0.25) is 4.79 Å². The first-order valence-electron chi connectivity index (χ1n) is 7.19. The first-order chi connectivity index (χ1) is 8.18. The van der Waals surface area contributed by atoms with Gasteiger partial charge in [-0.15, -0.1) is 0 Å². The van der Waals surface area contributed by atoms with Gasteiger partial charge in [-0.25, -0.2) is 0 Å². The van der Waals surface area contributed by atoms with Crippen molar-refractivity contribution in [3.05, 3.63) is 0 Å². The number of hydrogen-bond acceptors (Lipinski definition) is 2. The van der Waals surface area contributed by atoms with Crippen molar-refractivity contribution in [1.29, 1.82) is 0 Å². The van der Waals surface area contributed by atoms with Gasteiger partial charge in [-0.1, -0.05) is 20.3 Å². The summed E-state index contributed by atoms with van der Waals surface area (Å²) in [5.74, 6) is 2.35. The van der Waals surface area contributed by atoms with Gasteiger partial charge < -0.3 is 10.6 Å². The van der Waals surface area contributed by atoms with Crippen LogP contribution in [0.4, 0.5) is 0 Å². The fourth-order valence-corrected chi connectivity index (χ4v) is 3.31. The van der Waals surface area contributed by atoms with Crippen molar-refractivity contribution in [2.75, 3.05) is 13.1 Å². The van der Waals surface area contributed by atoms with E-state index in [4.69, 9.17) is 0 Å². The van der Waals surface area contributed by atoms with Crippen LogP contribution < -0.4 is 10.6 Å². The molecule has 1 saturated carbocycles. The third kappa shape index (κ3) is 3.21. The zero-order chi connectivity index (χ0) is 12.3. The van der Waals surface area contributed by atoms with E-state index in [0.717, 1.165) is 31.3 Å². The molecule has 0 aromatic heterocycles. The van der Waals surface area contributed by atoms with Gasteiger partial charge in [-0.2, -0.15) is 0 Å². The normalized spacial score (nSPS) is 31.8. The highest BCUT2D eigenvalue weighted by molar-refractivity contribution is 5.82. The Hall–Kier alpha value is -0.570. The fraction of sp³-hybridized carbons (Fsp3) is 0.929. The molecule has 0 aromatic rings. The summed E-state index contributed by atoms with van der Waals surface area (Å²) in [5, 5.41) is 6.49. The molecule has 3 unspecified atom stereocenters. The average Bonchev–Trinajstić information content (AvgIpc) is 2.85. The fourth-order valence-electron chi connectivity index (χ4n) is 3.31. The minimum atomic E-state index is 0.0987. The highest BCUT2D eigenvalue weighted by Gasteiger charge is 2.42. The third-order valence-electron chi connectivity index (χ3n) is 4.29. The number of carbonyl (C=O) groups is 1. The predicted octanol–water partition coefficient (Wildman–Crippen LogP) is 1.93. The molecule has 98 valence electrons. The van der Waals surface area contributed by atoms with E-state index in [1.807, 2.05) is 0 Å². The predicted molar refractivity (Wildman–Crippen MR) is 69.7 cm³/mol. The van der Waals surface area contributed by atoms with Gasteiger partial charge in [0.1, 0.15) is 0 Å². The number of nitrogens with one attached hydrogen (secondary N) is 2. The molecule has 1 amide bonds. The molecular formula is C14H26N2O. The molecule has 17 heavy (non-hydrogen) atoms. The smallest absolute Gasteiger partial charge is 0.237 e. The van der Waals surface area contributed by atoms with E-state index < -0.39 is 0 Å². The molecule has 1 aliphatic carbocycles. The Balaban J connectivity index is 1.69. The standard InChI is InChI=1S/C14H26N2O/c1-10(2)5-4-8-15-14(17)13-12-7-3-6-11(12)9-16-13/h10-13,16H,3-9H2,1-2H3,(H,15,17). The quantitative estimate of drug-likeness (QED) is 0.719. The summed E-state index contributed by atoms with van der Waals surface area (Å²) in [6, 6.07) is 0.0987. The summed E-state index contributed by atoms with van der Waals surface area (Å²) >= 11 is 0. The second-order valence-electron chi connectivity index (χ2n) is 6.07. The molecule has 3 heteroatoms. The first kappa shape index (κ1) is 12.9. The average molecular weight is 238 g/mol. The van der Waals surface area contributed by atoms with Gasteiger partial charge in [0.2, 0.25) is 5.91 Å². The Morgan fingerprint density at radius 1 is 1.41 bits per heavy atom. The Morgan fingerprint density at radius 3 is 3.00 bits per heavy atom. The molecule has 2 fully saturated rings. The molecule has 1 aliphatic heterocycles. The molecule has 1 saturated heterocycles. The first-order valence-corrected chi connectivity index (χ1v) is 7.19. The van der Waals surface area contributed by atoms with Gasteiger partial charge in [0.15, 0.2) is 0 Å². The van der Waals surface area contributed by atoms with E-state index in [2.05, 4.69) is 24.5 Å². The van der Waals surface area contributed by atoms with E-state index in [9.17, 15) is 4.79 Å². The molecule has 0 radical (unpaired) electrons. The summed E-state index contributed by atoms with van der Waals surface area (Å²) in [4.78, 5) is 12.1. The van der Waals surface area contributed by atoms with E-state index in [-0.39, 0.29) is 11.9 Å². The second-order valence-corrected chi connectivity index (χ2v) is 6.07. The van der Waals surface area contributed by atoms with Crippen molar-refractivity contribution in [3.8, 4) is 0 Å². The van der Waals surface area contributed by atoms with E-state index in [1.54, 1.807) is 0 Å². The molecule has 0 bridgehead atoms. The van der Waals surface area contributed by atoms with Crippen LogP contribution in [-0.4, -0.2) is 25.0 Å². The summed E-state index contributed by atoms with van der Waals surface area (Å²) in [6.07, 6.45) is 6.17. The van der Waals surface area contributed by atoms with Gasteiger partial charge in [0.25, 0.3) is 0 Å². The monoisotopic (exact) mass is 238 g/mol. The Kier molecular flexibility index (Phi) is 4.43. The van der Waals surface area contributed by atoms with Crippen LogP contribution in [0, 0.1) is 17.8 Å². The van der Waals surface area contributed by atoms with Gasteiger partial charge in [-0.05, 0) is 50.0 Å². The van der Waals surface area contributed by atoms with E-state index in [0.29, 0.717) is 5.92 Å². The zero-order valence-corrected chi connectivity index (χ0v) is 11.2. The van der Waals surface area contributed by atoms with Crippen LogP contribution in [0.3, 0.4) is 0 Å². The number of rotatable bonds is 5. The molecule has 2 rings (SSSR count). The van der Waals surface area contributed by atoms with Crippen LogP contribution in [-0.2, 0) is 4.79 Å². The molecular weight excluding hydrogens is 212 g/mol. The van der Waals surface area contributed by atoms with Crippen LogP contribution in [0.2, 0.25) is 0 Å². The van der Waals surface area contributed by atoms with Gasteiger partial charge >= 0.3 is 0 Å². The van der Waals surface area contributed by atoms with Crippen LogP contribution in [0.15, 0.2) is 0 Å². The van der Waals surface area contributed by atoms with Crippen molar-refractivity contribution in [3.63, 3.8) is 0 Å². The second kappa shape index (κ2) is 5.85. The van der Waals surface area contributed by atoms with Crippen molar-refractivity contribution in [2.45, 2.75) is 52.0 Å². The van der Waals surface area contributed by atoms with Crippen LogP contribution in [0.5, 0.6) is 0 Å². The Labute approximate surface area is 105 Å². The topological polar surface area (TPSA) is 41.1 Å². The number of fused-ring (bicyclic) bond motifs is 1. The zero-order valence-electron chi connectivity index (χ0n) is 11.2. The molecule has 2 aliphatic rings. The van der Waals surface area contributed by atoms with Crippen molar-refractivity contribution < 1.29 is 4.79 Å². The Morgan fingerprint density at radius 2 is 2.24 bits per heavy atom. The number of carbonyl (C=O) groups excluding carboxylic acids is 1. The maximum Gasteiger partial charge on any atom is 0.237 e. The highest BCUT2D eigenvalue weighted by Crippen LogP contribution is 2.37. The molecule has 3 nitrogen and oxygen atoms in total. The lowest BCUT2D eigenvalue weighted by Crippen LogP contribution is -2.44. The molecule has 0 aromatic carbocycles. The largest absolute Gasteiger partial charge is 0.355 e. The van der Waals surface area contributed by atoms with Crippen molar-refractivity contribution >= 4 is 5.91 Å². The summed E-state index contributed by atoms with van der Waals surface area (Å²) in [6.45, 7) is 6.34. The maximum absolute atomic E-state index is 12.1. The SMILES string of the molecule is CC(C)CCCNC(=O)C1NCC2CCCC21. The minimum absolute atomic E-state index is 0.0987. The summed E-state index contributed by atoms with van der Waals surface area (Å²) < 4.78 is 0. The summed E-state index contributed by atoms with van der Waals surface area (Å²) in [5.41, 5.74) is 0. The van der Waals surface area contributed by atoms with Gasteiger partial charge in [0.05, 0.1) is 6.04 Å². The van der Waals surface area contributed by atoms with Crippen LogP contribution in [0.1, 0.15) is 46.0 Å². The number of amides is 1. The third-order valence-corrected chi connectivity index (χ3v) is 4.29. The molecule has 3 atom stereocenters. The maximum atomic E-state index is 12.1. The van der Waals surface area contributed by atoms with Gasteiger partial charge in [0, 0.05) is 6.54 Å².